The van der Waals surface area contributed by atoms with E-state index in [1.54, 1.807) is 0 Å². The van der Waals surface area contributed by atoms with Crippen LogP contribution in [-0.2, 0) is 14.3 Å². The molecule has 0 aliphatic heterocycles. The predicted octanol–water partition coefficient (Wildman–Crippen LogP) is 18.1. The first kappa shape index (κ1) is 65.3. The largest absolute Gasteiger partial charge is 0.458 e. The predicted molar refractivity (Wildman–Crippen MR) is 296 cm³/mol. The molecule has 0 aromatic rings. The molecule has 3 atom stereocenters. The Kier molecular flexibility index (Phi) is 53.0. The van der Waals surface area contributed by atoms with Crippen molar-refractivity contribution in [3.8, 4) is 0 Å². The minimum absolute atomic E-state index is 0.0465. The number of esters is 1. The smallest absolute Gasteiger partial charge is 0.306 e. The summed E-state index contributed by atoms with van der Waals surface area (Å²) < 4.78 is 5.85. The molecule has 0 saturated carbocycles. The number of carbonyl (C=O) groups is 2. The van der Waals surface area contributed by atoms with Crippen LogP contribution in [0.2, 0.25) is 0 Å². The molecule has 0 rings (SSSR count). The zero-order valence-corrected chi connectivity index (χ0v) is 45.0. The number of carbonyl (C=O) groups excluding carboxylic acids is 2. The van der Waals surface area contributed by atoms with Crippen LogP contribution < -0.4 is 5.32 Å². The van der Waals surface area contributed by atoms with Crippen LogP contribution in [0.15, 0.2) is 72.9 Å². The fourth-order valence-electron chi connectivity index (χ4n) is 8.66. The van der Waals surface area contributed by atoms with Gasteiger partial charge >= 0.3 is 5.97 Å². The summed E-state index contributed by atoms with van der Waals surface area (Å²) >= 11 is 0. The third kappa shape index (κ3) is 49.7. The topological polar surface area (TPSA) is 95.9 Å². The van der Waals surface area contributed by atoms with Gasteiger partial charge in [0.15, 0.2) is 0 Å². The molecule has 6 heteroatoms. The van der Waals surface area contributed by atoms with Crippen molar-refractivity contribution in [2.24, 2.45) is 0 Å². The van der Waals surface area contributed by atoms with Gasteiger partial charge in [0.2, 0.25) is 5.91 Å². The highest BCUT2D eigenvalue weighted by molar-refractivity contribution is 5.78. The first-order valence-corrected chi connectivity index (χ1v) is 29.2. The number of aliphatic hydroxyl groups excluding tert-OH is 2. The van der Waals surface area contributed by atoms with Crippen LogP contribution >= 0.6 is 0 Å². The lowest BCUT2D eigenvalue weighted by molar-refractivity contribution is -0.148. The van der Waals surface area contributed by atoms with E-state index in [1.807, 2.05) is 12.2 Å². The highest BCUT2D eigenvalue weighted by atomic mass is 16.5. The molecule has 0 aromatic carbocycles. The molecule has 68 heavy (non-hydrogen) atoms. The summed E-state index contributed by atoms with van der Waals surface area (Å²) in [5.41, 5.74) is 0. The van der Waals surface area contributed by atoms with E-state index < -0.39 is 18.2 Å². The van der Waals surface area contributed by atoms with Gasteiger partial charge in [0.05, 0.1) is 25.2 Å². The Morgan fingerprint density at radius 2 is 0.765 bits per heavy atom. The van der Waals surface area contributed by atoms with Gasteiger partial charge in [-0.2, -0.15) is 0 Å². The molecular formula is C62H111NO5. The first-order chi connectivity index (χ1) is 33.5. The van der Waals surface area contributed by atoms with E-state index in [0.717, 1.165) is 70.6 Å². The lowest BCUT2D eigenvalue weighted by Gasteiger charge is -2.23. The molecule has 6 nitrogen and oxygen atoms in total. The van der Waals surface area contributed by atoms with Crippen LogP contribution in [0.4, 0.5) is 0 Å². The number of nitrogens with one attached hydrogen (secondary N) is 1. The summed E-state index contributed by atoms with van der Waals surface area (Å²) in [7, 11) is 0. The first-order valence-electron chi connectivity index (χ1n) is 29.2. The Balaban J connectivity index is 4.69. The van der Waals surface area contributed by atoms with Gasteiger partial charge < -0.3 is 20.3 Å². The summed E-state index contributed by atoms with van der Waals surface area (Å²) in [5.74, 6) is -0.621. The molecule has 0 aliphatic carbocycles. The summed E-state index contributed by atoms with van der Waals surface area (Å²) in [5, 5.41) is 23.8. The number of aliphatic hydroxyl groups is 2. The van der Waals surface area contributed by atoms with Gasteiger partial charge in [-0.1, -0.05) is 287 Å². The highest BCUT2D eigenvalue weighted by Crippen LogP contribution is 2.17. The maximum absolute atomic E-state index is 13.2. The van der Waals surface area contributed by atoms with Gasteiger partial charge in [-0.15, -0.1) is 0 Å². The molecule has 0 spiro atoms. The van der Waals surface area contributed by atoms with Crippen molar-refractivity contribution in [2.45, 2.75) is 302 Å². The number of ether oxygens (including phenoxy) is 1. The Labute approximate surface area is 421 Å². The number of amides is 1. The summed E-state index contributed by atoms with van der Waals surface area (Å²) in [6.07, 6.45) is 71.4. The molecule has 0 bridgehead atoms. The summed E-state index contributed by atoms with van der Waals surface area (Å²) in [4.78, 5) is 26.2. The van der Waals surface area contributed by atoms with Gasteiger partial charge in [-0.25, -0.2) is 0 Å². The number of allylic oxidation sites excluding steroid dienone is 11. The molecule has 0 aliphatic rings. The minimum atomic E-state index is -0.822. The van der Waals surface area contributed by atoms with E-state index in [4.69, 9.17) is 4.74 Å². The molecule has 0 fully saturated rings. The Morgan fingerprint density at radius 3 is 1.12 bits per heavy atom. The Morgan fingerprint density at radius 1 is 0.441 bits per heavy atom. The molecule has 0 saturated heterocycles. The van der Waals surface area contributed by atoms with Gasteiger partial charge in [0.1, 0.15) is 6.10 Å². The molecule has 3 unspecified atom stereocenters. The zero-order chi connectivity index (χ0) is 49.5. The second-order valence-electron chi connectivity index (χ2n) is 19.7. The van der Waals surface area contributed by atoms with Gasteiger partial charge in [-0.3, -0.25) is 9.59 Å². The summed E-state index contributed by atoms with van der Waals surface area (Å²) in [6.45, 7) is 6.36. The Bertz CT molecular complexity index is 1250. The quantitative estimate of drug-likeness (QED) is 0.0321. The SMILES string of the molecule is CC/C=C\C/C=C\C/C=C\C/C=C\C/C=C\C/C=C\C(CC(=O)NC(CO)C(O)CCCCCCCCCCCCCCCCCC)OC(=O)CCCCCCCCCCCCCCCCCC. The van der Waals surface area contributed by atoms with Crippen molar-refractivity contribution < 1.29 is 24.5 Å². The number of hydrogen-bond donors (Lipinski definition) is 3. The Hall–Kier alpha value is -2.70. The third-order valence-electron chi connectivity index (χ3n) is 13.0. The number of unbranched alkanes of at least 4 members (excludes halogenated alkanes) is 30. The van der Waals surface area contributed by atoms with E-state index in [1.165, 1.54) is 167 Å². The van der Waals surface area contributed by atoms with Crippen LogP contribution in [0, 0.1) is 0 Å². The maximum atomic E-state index is 13.2. The van der Waals surface area contributed by atoms with E-state index in [9.17, 15) is 19.8 Å². The standard InChI is InChI=1S/C62H111NO5/c1-4-7-10-13-16-19-22-25-28-31-32-35-38-41-44-47-50-53-58(68-62(67)55-52-49-46-43-40-37-34-30-27-24-21-18-15-12-9-6-3)56-61(66)63-59(57-64)60(65)54-51-48-45-42-39-36-33-29-26-23-20-17-14-11-8-5-2/h7,10,16,19,25,28,32,35,41,44,50,53,58-60,64-65H,4-6,8-9,11-15,17-18,20-24,26-27,29-31,33-34,36-40,42-43,45-49,51-52,54-57H2,1-3H3,(H,63,66)/b10-7-,19-16-,28-25-,35-32-,44-41-,53-50-. The molecular weight excluding hydrogens is 839 g/mol. The van der Waals surface area contributed by atoms with E-state index in [2.05, 4.69) is 86.8 Å². The highest BCUT2D eigenvalue weighted by Gasteiger charge is 2.23. The summed E-state index contributed by atoms with van der Waals surface area (Å²) in [6, 6.07) is -0.745. The fourth-order valence-corrected chi connectivity index (χ4v) is 8.66. The van der Waals surface area contributed by atoms with E-state index >= 15 is 0 Å². The molecule has 0 heterocycles. The van der Waals surface area contributed by atoms with Crippen molar-refractivity contribution in [3.05, 3.63) is 72.9 Å². The second-order valence-corrected chi connectivity index (χ2v) is 19.7. The van der Waals surface area contributed by atoms with Crippen molar-refractivity contribution >= 4 is 11.9 Å². The second kappa shape index (κ2) is 55.2. The average molecular weight is 951 g/mol. The van der Waals surface area contributed by atoms with Crippen LogP contribution in [0.25, 0.3) is 0 Å². The van der Waals surface area contributed by atoms with Gasteiger partial charge in [0, 0.05) is 6.42 Å². The molecule has 3 N–H and O–H groups in total. The fraction of sp³-hybridized carbons (Fsp3) is 0.774. The van der Waals surface area contributed by atoms with Crippen LogP contribution in [-0.4, -0.2) is 46.9 Å². The molecule has 0 radical (unpaired) electrons. The normalized spacial score (nSPS) is 13.7. The van der Waals surface area contributed by atoms with Crippen molar-refractivity contribution in [2.75, 3.05) is 6.61 Å². The maximum Gasteiger partial charge on any atom is 0.306 e. The molecule has 394 valence electrons. The zero-order valence-electron chi connectivity index (χ0n) is 45.0. The van der Waals surface area contributed by atoms with Crippen LogP contribution in [0.5, 0.6) is 0 Å². The lowest BCUT2D eigenvalue weighted by Crippen LogP contribution is -2.46. The van der Waals surface area contributed by atoms with Crippen LogP contribution in [0.3, 0.4) is 0 Å². The van der Waals surface area contributed by atoms with Gasteiger partial charge in [0.25, 0.3) is 0 Å². The average Bonchev–Trinajstić information content (AvgIpc) is 3.33. The van der Waals surface area contributed by atoms with Crippen molar-refractivity contribution in [1.82, 2.24) is 5.32 Å². The number of rotatable bonds is 52. The van der Waals surface area contributed by atoms with E-state index in [-0.39, 0.29) is 24.9 Å². The third-order valence-corrected chi connectivity index (χ3v) is 13.0. The van der Waals surface area contributed by atoms with Crippen molar-refractivity contribution in [1.29, 1.82) is 0 Å². The molecule has 1 amide bonds. The minimum Gasteiger partial charge on any atom is -0.458 e. The van der Waals surface area contributed by atoms with Gasteiger partial charge in [-0.05, 0) is 57.4 Å². The lowest BCUT2D eigenvalue weighted by atomic mass is 10.0. The number of hydrogen-bond acceptors (Lipinski definition) is 5. The van der Waals surface area contributed by atoms with E-state index in [0.29, 0.717) is 19.3 Å². The van der Waals surface area contributed by atoms with Crippen molar-refractivity contribution in [3.63, 3.8) is 0 Å². The molecule has 0 aromatic heterocycles. The monoisotopic (exact) mass is 950 g/mol. The van der Waals surface area contributed by atoms with Crippen LogP contribution in [0.1, 0.15) is 284 Å².